The fourth-order valence-electron chi connectivity index (χ4n) is 3.10. The minimum absolute atomic E-state index is 0.0660. The fourth-order valence-corrected chi connectivity index (χ4v) is 3.10. The van der Waals surface area contributed by atoms with Crippen LogP contribution in [-0.4, -0.2) is 65.7 Å². The van der Waals surface area contributed by atoms with Gasteiger partial charge in [-0.05, 0) is 36.8 Å². The first-order chi connectivity index (χ1) is 14.4. The molecule has 1 N–H and O–H groups in total. The van der Waals surface area contributed by atoms with Crippen LogP contribution in [0.2, 0.25) is 0 Å². The molecular weight excluding hydrogens is 386 g/mol. The number of carbonyl (C=O) groups excluding carboxylic acids is 3. The number of aromatic nitrogens is 2. The monoisotopic (exact) mass is 411 g/mol. The Bertz CT molecular complexity index is 891. The average molecular weight is 411 g/mol. The summed E-state index contributed by atoms with van der Waals surface area (Å²) in [7, 11) is 0. The van der Waals surface area contributed by atoms with E-state index in [0.717, 1.165) is 30.2 Å². The van der Waals surface area contributed by atoms with E-state index in [0.29, 0.717) is 25.2 Å². The van der Waals surface area contributed by atoms with Gasteiger partial charge in [0.05, 0.1) is 12.1 Å². The van der Waals surface area contributed by atoms with E-state index in [4.69, 9.17) is 0 Å². The number of ether oxygens (including phenoxy) is 1. The summed E-state index contributed by atoms with van der Waals surface area (Å²) in [5.41, 5.74) is 2.32. The predicted octanol–water partition coefficient (Wildman–Crippen LogP) is 1.18. The van der Waals surface area contributed by atoms with Gasteiger partial charge in [-0.2, -0.15) is 5.10 Å². The molecule has 2 heterocycles. The van der Waals surface area contributed by atoms with Crippen molar-refractivity contribution in [2.24, 2.45) is 0 Å². The van der Waals surface area contributed by atoms with E-state index in [1.54, 1.807) is 24.3 Å². The van der Waals surface area contributed by atoms with E-state index < -0.39 is 11.9 Å². The molecule has 3 rings (SSSR count). The number of nitrogens with one attached hydrogen (secondary N) is 1. The van der Waals surface area contributed by atoms with Gasteiger partial charge in [-0.3, -0.25) is 14.4 Å². The van der Waals surface area contributed by atoms with Gasteiger partial charge < -0.3 is 19.9 Å². The Balaban J connectivity index is 1.46. The molecule has 2 amide bonds. The van der Waals surface area contributed by atoms with Crippen molar-refractivity contribution in [2.45, 2.75) is 20.3 Å². The van der Waals surface area contributed by atoms with Crippen molar-refractivity contribution in [3.8, 4) is 0 Å². The molecule has 1 aromatic heterocycles. The number of hydrogen-bond donors (Lipinski definition) is 1. The highest BCUT2D eigenvalue weighted by Crippen LogP contribution is 2.15. The maximum atomic E-state index is 12.6. The third-order valence-corrected chi connectivity index (χ3v) is 4.74. The summed E-state index contributed by atoms with van der Waals surface area (Å²) in [6.07, 6.45) is 0.298. The molecule has 0 bridgehead atoms. The summed E-state index contributed by atoms with van der Waals surface area (Å²) < 4.78 is 4.65. The Morgan fingerprint density at radius 2 is 1.70 bits per heavy atom. The van der Waals surface area contributed by atoms with Crippen molar-refractivity contribution in [1.82, 2.24) is 15.1 Å². The van der Waals surface area contributed by atoms with Crippen molar-refractivity contribution in [3.05, 3.63) is 47.7 Å². The fraction of sp³-hybridized carbons (Fsp3) is 0.381. The zero-order valence-electron chi connectivity index (χ0n) is 17.1. The third-order valence-electron chi connectivity index (χ3n) is 4.74. The van der Waals surface area contributed by atoms with E-state index in [2.05, 4.69) is 25.2 Å². The van der Waals surface area contributed by atoms with E-state index in [-0.39, 0.29) is 12.5 Å². The minimum atomic E-state index is -0.508. The highest BCUT2D eigenvalue weighted by molar-refractivity contribution is 5.92. The first-order valence-electron chi connectivity index (χ1n) is 9.76. The summed E-state index contributed by atoms with van der Waals surface area (Å²) in [6, 6.07) is 10.9. The summed E-state index contributed by atoms with van der Waals surface area (Å²) in [6.45, 7) is 5.53. The van der Waals surface area contributed by atoms with Crippen LogP contribution in [0.4, 0.5) is 11.5 Å². The van der Waals surface area contributed by atoms with Gasteiger partial charge in [0, 0.05) is 38.8 Å². The molecule has 0 unspecified atom stereocenters. The maximum absolute atomic E-state index is 12.6. The van der Waals surface area contributed by atoms with Crippen LogP contribution in [0.5, 0.6) is 0 Å². The Morgan fingerprint density at radius 1 is 1.00 bits per heavy atom. The van der Waals surface area contributed by atoms with E-state index >= 15 is 0 Å². The first kappa shape index (κ1) is 21.2. The lowest BCUT2D eigenvalue weighted by Gasteiger charge is -2.35. The number of piperazine rings is 1. The van der Waals surface area contributed by atoms with Gasteiger partial charge in [0.2, 0.25) is 5.91 Å². The topological polar surface area (TPSA) is 105 Å². The van der Waals surface area contributed by atoms with Gasteiger partial charge in [-0.15, -0.1) is 5.10 Å². The molecule has 0 radical (unpaired) electrons. The maximum Gasteiger partial charge on any atom is 0.303 e. The Hall–Kier alpha value is -3.49. The molecule has 2 aromatic rings. The zero-order chi connectivity index (χ0) is 21.5. The van der Waals surface area contributed by atoms with Crippen molar-refractivity contribution >= 4 is 29.3 Å². The normalized spacial score (nSPS) is 13.7. The quantitative estimate of drug-likeness (QED) is 0.712. The van der Waals surface area contributed by atoms with Gasteiger partial charge in [0.15, 0.2) is 12.4 Å². The number of anilines is 2. The molecule has 0 atom stereocenters. The smallest absolute Gasteiger partial charge is 0.303 e. The largest absolute Gasteiger partial charge is 0.456 e. The van der Waals surface area contributed by atoms with E-state index in [1.165, 1.54) is 6.92 Å². The van der Waals surface area contributed by atoms with Gasteiger partial charge in [0.25, 0.3) is 5.91 Å². The number of carbonyl (C=O) groups is 3. The molecule has 1 aliphatic heterocycles. The zero-order valence-corrected chi connectivity index (χ0v) is 17.1. The first-order valence-corrected chi connectivity index (χ1v) is 9.76. The molecule has 0 aliphatic carbocycles. The molecular formula is C21H25N5O4. The standard InChI is InChI=1S/C21H25N5O4/c1-15-3-8-19(24-23-15)25-9-11-26(12-10-25)21(29)13-17-4-6-18(7-5-17)22-20(28)14-30-16(2)27/h3-8H,9-14H2,1-2H3,(H,22,28). The lowest BCUT2D eigenvalue weighted by Crippen LogP contribution is -2.49. The van der Waals surface area contributed by atoms with E-state index in [1.807, 2.05) is 24.0 Å². The second-order valence-electron chi connectivity index (χ2n) is 7.10. The minimum Gasteiger partial charge on any atom is -0.456 e. The van der Waals surface area contributed by atoms with Crippen LogP contribution in [0.1, 0.15) is 18.2 Å². The average Bonchev–Trinajstić information content (AvgIpc) is 2.74. The van der Waals surface area contributed by atoms with Crippen molar-refractivity contribution < 1.29 is 19.1 Å². The van der Waals surface area contributed by atoms with Gasteiger partial charge in [0.1, 0.15) is 0 Å². The number of rotatable bonds is 6. The molecule has 0 saturated carbocycles. The Morgan fingerprint density at radius 3 is 2.30 bits per heavy atom. The molecule has 1 aromatic carbocycles. The van der Waals surface area contributed by atoms with Crippen molar-refractivity contribution in [1.29, 1.82) is 0 Å². The number of nitrogens with zero attached hydrogens (tertiary/aromatic N) is 4. The van der Waals surface area contributed by atoms with Crippen LogP contribution in [0.15, 0.2) is 36.4 Å². The lowest BCUT2D eigenvalue weighted by molar-refractivity contribution is -0.144. The molecule has 9 heteroatoms. The molecule has 158 valence electrons. The predicted molar refractivity (Wildman–Crippen MR) is 111 cm³/mol. The molecule has 1 fully saturated rings. The summed E-state index contributed by atoms with van der Waals surface area (Å²) in [5, 5.41) is 10.9. The number of hydrogen-bond acceptors (Lipinski definition) is 7. The van der Waals surface area contributed by atoms with Gasteiger partial charge >= 0.3 is 5.97 Å². The number of esters is 1. The van der Waals surface area contributed by atoms with Crippen LogP contribution < -0.4 is 10.2 Å². The number of amides is 2. The highest BCUT2D eigenvalue weighted by Gasteiger charge is 2.22. The Labute approximate surface area is 175 Å². The number of benzene rings is 1. The molecule has 0 spiro atoms. The Kier molecular flexibility index (Phi) is 6.95. The molecule has 9 nitrogen and oxygen atoms in total. The van der Waals surface area contributed by atoms with E-state index in [9.17, 15) is 14.4 Å². The van der Waals surface area contributed by atoms with Crippen LogP contribution in [0.25, 0.3) is 0 Å². The molecule has 1 saturated heterocycles. The molecule has 30 heavy (non-hydrogen) atoms. The van der Waals surface area contributed by atoms with Gasteiger partial charge in [-0.25, -0.2) is 0 Å². The highest BCUT2D eigenvalue weighted by atomic mass is 16.5. The summed E-state index contributed by atoms with van der Waals surface area (Å²) in [4.78, 5) is 39.0. The lowest BCUT2D eigenvalue weighted by atomic mass is 10.1. The summed E-state index contributed by atoms with van der Waals surface area (Å²) in [5.74, 6) is -0.0212. The second kappa shape index (κ2) is 9.82. The second-order valence-corrected chi connectivity index (χ2v) is 7.10. The van der Waals surface area contributed by atoms with Crippen molar-refractivity contribution in [3.63, 3.8) is 0 Å². The van der Waals surface area contributed by atoms with Gasteiger partial charge in [-0.1, -0.05) is 12.1 Å². The van der Waals surface area contributed by atoms with Crippen LogP contribution >= 0.6 is 0 Å². The van der Waals surface area contributed by atoms with Crippen molar-refractivity contribution in [2.75, 3.05) is 43.0 Å². The molecule has 1 aliphatic rings. The summed E-state index contributed by atoms with van der Waals surface area (Å²) >= 11 is 0. The van der Waals surface area contributed by atoms with Crippen LogP contribution in [0.3, 0.4) is 0 Å². The number of aryl methyl sites for hydroxylation is 1. The van der Waals surface area contributed by atoms with Crippen LogP contribution in [-0.2, 0) is 25.5 Å². The third kappa shape index (κ3) is 6.00. The SMILES string of the molecule is CC(=O)OCC(=O)Nc1ccc(CC(=O)N2CCN(c3ccc(C)nn3)CC2)cc1. The van der Waals surface area contributed by atoms with Crippen LogP contribution in [0, 0.1) is 6.92 Å².